The molecule has 0 bridgehead atoms. The lowest BCUT2D eigenvalue weighted by Crippen LogP contribution is -2.39. The highest BCUT2D eigenvalue weighted by molar-refractivity contribution is 4.83. The predicted octanol–water partition coefficient (Wildman–Crippen LogP) is 3.81. The number of nitrogens with zero attached hydrogens (tertiary/aromatic N) is 1. The molecule has 1 N–H and O–H groups in total. The molecule has 1 aliphatic heterocycles. The van der Waals surface area contributed by atoms with Crippen LogP contribution in [0.4, 0.5) is 0 Å². The van der Waals surface area contributed by atoms with Crippen molar-refractivity contribution in [1.29, 1.82) is 0 Å². The molecule has 0 radical (unpaired) electrons. The van der Waals surface area contributed by atoms with Crippen LogP contribution >= 0.6 is 0 Å². The van der Waals surface area contributed by atoms with Crippen LogP contribution in [0.25, 0.3) is 0 Å². The van der Waals surface area contributed by atoms with Gasteiger partial charge in [-0.25, -0.2) is 0 Å². The zero-order chi connectivity index (χ0) is 13.7. The van der Waals surface area contributed by atoms with Crippen LogP contribution in [0.1, 0.15) is 71.6 Å². The molecule has 112 valence electrons. The molecule has 1 saturated carbocycles. The van der Waals surface area contributed by atoms with Crippen LogP contribution in [-0.2, 0) is 0 Å². The Morgan fingerprint density at radius 2 is 1.84 bits per heavy atom. The maximum atomic E-state index is 3.66. The van der Waals surface area contributed by atoms with Crippen LogP contribution in [-0.4, -0.2) is 37.1 Å². The van der Waals surface area contributed by atoms with Gasteiger partial charge in [0.15, 0.2) is 0 Å². The maximum Gasteiger partial charge on any atom is 0.00926 e. The summed E-state index contributed by atoms with van der Waals surface area (Å²) in [5.74, 6) is 0. The minimum atomic E-state index is 0.601. The normalized spacial score (nSPS) is 28.7. The molecule has 2 fully saturated rings. The predicted molar refractivity (Wildman–Crippen MR) is 83.5 cm³/mol. The molecule has 1 aliphatic carbocycles. The van der Waals surface area contributed by atoms with E-state index in [0.717, 1.165) is 12.1 Å². The lowest BCUT2D eigenvalue weighted by molar-refractivity contribution is 0.125. The second-order valence-electron chi connectivity index (χ2n) is 7.67. The molecule has 2 heteroatoms. The number of hydrogen-bond donors (Lipinski definition) is 1. The second kappa shape index (κ2) is 7.08. The topological polar surface area (TPSA) is 15.3 Å². The summed E-state index contributed by atoms with van der Waals surface area (Å²) in [5.41, 5.74) is 0.601. The van der Waals surface area contributed by atoms with Crippen LogP contribution in [0.2, 0.25) is 0 Å². The van der Waals surface area contributed by atoms with Gasteiger partial charge in [0.1, 0.15) is 0 Å². The van der Waals surface area contributed by atoms with E-state index >= 15 is 0 Å². The van der Waals surface area contributed by atoms with E-state index in [2.05, 4.69) is 31.1 Å². The van der Waals surface area contributed by atoms with Gasteiger partial charge >= 0.3 is 0 Å². The first-order valence-corrected chi connectivity index (χ1v) is 8.50. The lowest BCUT2D eigenvalue weighted by Gasteiger charge is -2.38. The standard InChI is InChI=1S/C17H34N2/c1-17(2)11-9-16(10-12-17)19(3)14-6-8-15-7-4-5-13-18-15/h15-16,18H,4-14H2,1-3H3. The molecule has 0 spiro atoms. The van der Waals surface area contributed by atoms with E-state index in [1.165, 1.54) is 70.9 Å². The highest BCUT2D eigenvalue weighted by Crippen LogP contribution is 2.36. The van der Waals surface area contributed by atoms with Crippen LogP contribution < -0.4 is 5.32 Å². The van der Waals surface area contributed by atoms with E-state index < -0.39 is 0 Å². The van der Waals surface area contributed by atoms with Crippen molar-refractivity contribution in [3.63, 3.8) is 0 Å². The molecule has 1 heterocycles. The molecular weight excluding hydrogens is 232 g/mol. The van der Waals surface area contributed by atoms with E-state index in [-0.39, 0.29) is 0 Å². The average Bonchev–Trinajstić information content (AvgIpc) is 2.39. The Labute approximate surface area is 120 Å². The van der Waals surface area contributed by atoms with Gasteiger partial charge in [-0.3, -0.25) is 0 Å². The minimum absolute atomic E-state index is 0.601. The van der Waals surface area contributed by atoms with Crippen LogP contribution in [0.3, 0.4) is 0 Å². The highest BCUT2D eigenvalue weighted by atomic mass is 15.1. The second-order valence-corrected chi connectivity index (χ2v) is 7.67. The molecule has 2 rings (SSSR count). The zero-order valence-corrected chi connectivity index (χ0v) is 13.4. The van der Waals surface area contributed by atoms with Crippen molar-refractivity contribution in [2.45, 2.75) is 83.7 Å². The Balaban J connectivity index is 1.60. The van der Waals surface area contributed by atoms with Gasteiger partial charge in [0.05, 0.1) is 0 Å². The molecule has 19 heavy (non-hydrogen) atoms. The third-order valence-electron chi connectivity index (χ3n) is 5.41. The molecule has 2 nitrogen and oxygen atoms in total. The Kier molecular flexibility index (Phi) is 5.70. The summed E-state index contributed by atoms with van der Waals surface area (Å²) >= 11 is 0. The first-order valence-electron chi connectivity index (χ1n) is 8.50. The smallest absolute Gasteiger partial charge is 0.00926 e. The molecule has 1 unspecified atom stereocenters. The van der Waals surface area contributed by atoms with Gasteiger partial charge < -0.3 is 10.2 Å². The van der Waals surface area contributed by atoms with Crippen molar-refractivity contribution >= 4 is 0 Å². The van der Waals surface area contributed by atoms with E-state index in [9.17, 15) is 0 Å². The van der Waals surface area contributed by atoms with Crippen LogP contribution in [0, 0.1) is 5.41 Å². The largest absolute Gasteiger partial charge is 0.314 e. The van der Waals surface area contributed by atoms with Gasteiger partial charge in [-0.05, 0) is 76.9 Å². The van der Waals surface area contributed by atoms with Crippen LogP contribution in [0.5, 0.6) is 0 Å². The third kappa shape index (κ3) is 5.07. The van der Waals surface area contributed by atoms with Crippen LogP contribution in [0.15, 0.2) is 0 Å². The molecular formula is C17H34N2. The minimum Gasteiger partial charge on any atom is -0.314 e. The maximum absolute atomic E-state index is 3.66. The Morgan fingerprint density at radius 3 is 2.47 bits per heavy atom. The fourth-order valence-corrected chi connectivity index (χ4v) is 3.76. The zero-order valence-electron chi connectivity index (χ0n) is 13.4. The van der Waals surface area contributed by atoms with Crippen molar-refractivity contribution in [3.05, 3.63) is 0 Å². The lowest BCUT2D eigenvalue weighted by atomic mass is 9.75. The average molecular weight is 266 g/mol. The molecule has 0 aromatic carbocycles. The monoisotopic (exact) mass is 266 g/mol. The van der Waals surface area contributed by atoms with Gasteiger partial charge in [0.25, 0.3) is 0 Å². The summed E-state index contributed by atoms with van der Waals surface area (Å²) in [6, 6.07) is 1.67. The van der Waals surface area contributed by atoms with Crippen molar-refractivity contribution < 1.29 is 0 Å². The molecule has 2 aliphatic rings. The first kappa shape index (κ1) is 15.3. The summed E-state index contributed by atoms with van der Waals surface area (Å²) < 4.78 is 0. The van der Waals surface area contributed by atoms with Gasteiger partial charge in [-0.15, -0.1) is 0 Å². The van der Waals surface area contributed by atoms with E-state index in [1.54, 1.807) is 0 Å². The Morgan fingerprint density at radius 1 is 1.11 bits per heavy atom. The van der Waals surface area contributed by atoms with Crippen molar-refractivity contribution in [1.82, 2.24) is 10.2 Å². The fraction of sp³-hybridized carbons (Fsp3) is 1.00. The quantitative estimate of drug-likeness (QED) is 0.814. The van der Waals surface area contributed by atoms with Crippen molar-refractivity contribution in [2.75, 3.05) is 20.1 Å². The number of hydrogen-bond acceptors (Lipinski definition) is 2. The molecule has 0 amide bonds. The number of rotatable bonds is 5. The molecule has 0 aromatic heterocycles. The summed E-state index contributed by atoms with van der Waals surface area (Å²) in [5, 5.41) is 3.66. The number of nitrogens with one attached hydrogen (secondary N) is 1. The van der Waals surface area contributed by atoms with E-state index in [1.807, 2.05) is 0 Å². The SMILES string of the molecule is CN(CCCC1CCCCN1)C1CCC(C)(C)CC1. The number of piperidine rings is 1. The molecule has 1 atom stereocenters. The highest BCUT2D eigenvalue weighted by Gasteiger charge is 2.28. The van der Waals surface area contributed by atoms with Gasteiger partial charge in [-0.1, -0.05) is 20.3 Å². The third-order valence-corrected chi connectivity index (χ3v) is 5.41. The van der Waals surface area contributed by atoms with E-state index in [0.29, 0.717) is 5.41 Å². The van der Waals surface area contributed by atoms with Gasteiger partial charge in [-0.2, -0.15) is 0 Å². The molecule has 0 aromatic rings. The summed E-state index contributed by atoms with van der Waals surface area (Å²) in [7, 11) is 2.34. The summed E-state index contributed by atoms with van der Waals surface area (Å²) in [6.07, 6.45) is 12.6. The summed E-state index contributed by atoms with van der Waals surface area (Å²) in [6.45, 7) is 7.40. The fourth-order valence-electron chi connectivity index (χ4n) is 3.76. The van der Waals surface area contributed by atoms with Gasteiger partial charge in [0.2, 0.25) is 0 Å². The Bertz CT molecular complexity index is 246. The first-order chi connectivity index (χ1) is 9.07. The van der Waals surface area contributed by atoms with Gasteiger partial charge in [0, 0.05) is 12.1 Å². The van der Waals surface area contributed by atoms with E-state index in [4.69, 9.17) is 0 Å². The Hall–Kier alpha value is -0.0800. The summed E-state index contributed by atoms with van der Waals surface area (Å²) in [4.78, 5) is 2.64. The molecule has 1 saturated heterocycles. The van der Waals surface area contributed by atoms with Crippen molar-refractivity contribution in [2.24, 2.45) is 5.41 Å². The van der Waals surface area contributed by atoms with Crippen molar-refractivity contribution in [3.8, 4) is 0 Å².